The lowest BCUT2D eigenvalue weighted by Crippen LogP contribution is -2.45. The maximum absolute atomic E-state index is 12.6. The van der Waals surface area contributed by atoms with Crippen LogP contribution in [0.1, 0.15) is 29.0 Å². The Morgan fingerprint density at radius 3 is 2.62 bits per heavy atom. The van der Waals surface area contributed by atoms with Crippen molar-refractivity contribution in [2.75, 3.05) is 0 Å². The molecule has 1 aromatic heterocycles. The molecule has 1 aliphatic rings. The van der Waals surface area contributed by atoms with Crippen LogP contribution in [0.15, 0.2) is 53.0 Å². The number of carbonyl (C=O) groups excluding carboxylic acids is 2. The smallest absolute Gasteiger partial charge is 0.338 e. The summed E-state index contributed by atoms with van der Waals surface area (Å²) >= 11 is 1.51. The van der Waals surface area contributed by atoms with Gasteiger partial charge in [0, 0.05) is 10.6 Å². The molecule has 1 unspecified atom stereocenters. The van der Waals surface area contributed by atoms with E-state index >= 15 is 0 Å². The molecule has 0 aliphatic carbocycles. The first-order chi connectivity index (χ1) is 11.6. The number of carbonyl (C=O) groups is 2. The number of amides is 2. The van der Waals surface area contributed by atoms with Gasteiger partial charge in [0.1, 0.15) is 6.61 Å². The molecule has 1 aromatic carbocycles. The van der Waals surface area contributed by atoms with Crippen LogP contribution >= 0.6 is 11.3 Å². The van der Waals surface area contributed by atoms with E-state index < -0.39 is 12.0 Å². The highest BCUT2D eigenvalue weighted by atomic mass is 32.1. The molecule has 1 aliphatic heterocycles. The van der Waals surface area contributed by atoms with E-state index in [1.54, 1.807) is 6.92 Å². The summed E-state index contributed by atoms with van der Waals surface area (Å²) in [6, 6.07) is 10.7. The average molecular weight is 342 g/mol. The lowest BCUT2D eigenvalue weighted by atomic mass is 9.99. The van der Waals surface area contributed by atoms with Gasteiger partial charge >= 0.3 is 12.0 Å². The predicted molar refractivity (Wildman–Crippen MR) is 92.4 cm³/mol. The Morgan fingerprint density at radius 2 is 1.96 bits per heavy atom. The molecule has 24 heavy (non-hydrogen) atoms. The van der Waals surface area contributed by atoms with E-state index in [1.165, 1.54) is 11.3 Å². The molecule has 0 saturated heterocycles. The van der Waals surface area contributed by atoms with E-state index in [9.17, 15) is 9.59 Å². The predicted octanol–water partition coefficient (Wildman–Crippen LogP) is 3.43. The molecule has 124 valence electrons. The molecule has 6 heteroatoms. The molecule has 0 spiro atoms. The van der Waals surface area contributed by atoms with Gasteiger partial charge in [-0.15, -0.1) is 11.3 Å². The summed E-state index contributed by atoms with van der Waals surface area (Å²) in [5.41, 5.74) is 2.92. The quantitative estimate of drug-likeness (QED) is 0.837. The Labute approximate surface area is 144 Å². The molecule has 0 radical (unpaired) electrons. The van der Waals surface area contributed by atoms with E-state index in [1.807, 2.05) is 48.7 Å². The van der Waals surface area contributed by atoms with E-state index in [4.69, 9.17) is 4.74 Å². The summed E-state index contributed by atoms with van der Waals surface area (Å²) in [7, 11) is 0. The SMILES string of the molecule is CC1=C(C(=O)OCc2ccccc2)C(c2sccc2C)NC(=O)N1. The van der Waals surface area contributed by atoms with Crippen LogP contribution in [0.25, 0.3) is 0 Å². The van der Waals surface area contributed by atoms with Gasteiger partial charge in [-0.2, -0.15) is 0 Å². The maximum Gasteiger partial charge on any atom is 0.338 e. The molecule has 2 heterocycles. The highest BCUT2D eigenvalue weighted by Gasteiger charge is 2.33. The second-order valence-electron chi connectivity index (χ2n) is 5.60. The Morgan fingerprint density at radius 1 is 1.21 bits per heavy atom. The van der Waals surface area contributed by atoms with Crippen molar-refractivity contribution in [3.05, 3.63) is 69.1 Å². The molecular formula is C18H18N2O3S. The number of hydrogen-bond donors (Lipinski definition) is 2. The number of benzene rings is 1. The highest BCUT2D eigenvalue weighted by Crippen LogP contribution is 2.33. The average Bonchev–Trinajstić information content (AvgIpc) is 2.99. The number of esters is 1. The molecule has 5 nitrogen and oxygen atoms in total. The van der Waals surface area contributed by atoms with Crippen LogP contribution in [0, 0.1) is 6.92 Å². The van der Waals surface area contributed by atoms with Crippen molar-refractivity contribution in [2.24, 2.45) is 0 Å². The summed E-state index contributed by atoms with van der Waals surface area (Å²) in [6.45, 7) is 3.87. The molecule has 0 fully saturated rings. The zero-order chi connectivity index (χ0) is 17.1. The molecule has 2 aromatic rings. The third-order valence-electron chi connectivity index (χ3n) is 3.87. The van der Waals surface area contributed by atoms with Crippen LogP contribution in [0.5, 0.6) is 0 Å². The number of hydrogen-bond acceptors (Lipinski definition) is 4. The minimum atomic E-state index is -0.484. The Hall–Kier alpha value is -2.60. The monoisotopic (exact) mass is 342 g/mol. The van der Waals surface area contributed by atoms with Crippen LogP contribution in [0.4, 0.5) is 4.79 Å². The number of ether oxygens (including phenoxy) is 1. The van der Waals surface area contributed by atoms with Crippen LogP contribution in [-0.4, -0.2) is 12.0 Å². The standard InChI is InChI=1S/C18H18N2O3S/c1-11-8-9-24-16(11)15-14(12(2)19-18(22)20-15)17(21)23-10-13-6-4-3-5-7-13/h3-9,15H,10H2,1-2H3,(H2,19,20,22). The van der Waals surface area contributed by atoms with E-state index in [0.29, 0.717) is 11.3 Å². The van der Waals surface area contributed by atoms with Crippen molar-refractivity contribution < 1.29 is 14.3 Å². The van der Waals surface area contributed by atoms with E-state index in [2.05, 4.69) is 10.6 Å². The lowest BCUT2D eigenvalue weighted by Gasteiger charge is -2.27. The Kier molecular flexibility index (Phi) is 4.66. The van der Waals surface area contributed by atoms with Crippen molar-refractivity contribution in [1.29, 1.82) is 0 Å². The summed E-state index contributed by atoms with van der Waals surface area (Å²) in [5.74, 6) is -0.429. The third-order valence-corrected chi connectivity index (χ3v) is 4.95. The van der Waals surface area contributed by atoms with Gasteiger partial charge in [-0.25, -0.2) is 9.59 Å². The van der Waals surface area contributed by atoms with Crippen molar-refractivity contribution in [3.63, 3.8) is 0 Å². The van der Waals surface area contributed by atoms with Crippen molar-refractivity contribution in [2.45, 2.75) is 26.5 Å². The molecule has 3 rings (SSSR count). The van der Waals surface area contributed by atoms with Crippen LogP contribution in [0.3, 0.4) is 0 Å². The van der Waals surface area contributed by atoms with Gasteiger partial charge in [-0.1, -0.05) is 30.3 Å². The lowest BCUT2D eigenvalue weighted by molar-refractivity contribution is -0.140. The summed E-state index contributed by atoms with van der Waals surface area (Å²) in [6.07, 6.45) is 0. The number of urea groups is 1. The fourth-order valence-electron chi connectivity index (χ4n) is 2.64. The van der Waals surface area contributed by atoms with Gasteiger partial charge in [0.15, 0.2) is 0 Å². The van der Waals surface area contributed by atoms with Crippen molar-refractivity contribution in [1.82, 2.24) is 10.6 Å². The second kappa shape index (κ2) is 6.88. The summed E-state index contributed by atoms with van der Waals surface area (Å²) in [5, 5.41) is 7.42. The van der Waals surface area contributed by atoms with Gasteiger partial charge in [-0.3, -0.25) is 0 Å². The zero-order valence-corrected chi connectivity index (χ0v) is 14.3. The Bertz CT molecular complexity index is 796. The maximum atomic E-state index is 12.6. The number of nitrogens with one attached hydrogen (secondary N) is 2. The molecular weight excluding hydrogens is 324 g/mol. The number of allylic oxidation sites excluding steroid dienone is 1. The first-order valence-electron chi connectivity index (χ1n) is 7.59. The highest BCUT2D eigenvalue weighted by molar-refractivity contribution is 7.10. The second-order valence-corrected chi connectivity index (χ2v) is 6.55. The van der Waals surface area contributed by atoms with Gasteiger partial charge < -0.3 is 15.4 Å². The van der Waals surface area contributed by atoms with Gasteiger partial charge in [-0.05, 0) is 36.4 Å². The molecule has 0 saturated carbocycles. The van der Waals surface area contributed by atoms with Crippen molar-refractivity contribution >= 4 is 23.3 Å². The number of rotatable bonds is 4. The molecule has 2 amide bonds. The van der Waals surface area contributed by atoms with Gasteiger partial charge in [0.2, 0.25) is 0 Å². The van der Waals surface area contributed by atoms with Crippen LogP contribution in [-0.2, 0) is 16.1 Å². The minimum absolute atomic E-state index is 0.195. The number of thiophene rings is 1. The van der Waals surface area contributed by atoms with Gasteiger partial charge in [0.05, 0.1) is 11.6 Å². The molecule has 2 N–H and O–H groups in total. The fraction of sp³-hybridized carbons (Fsp3) is 0.222. The number of aryl methyl sites for hydroxylation is 1. The van der Waals surface area contributed by atoms with E-state index in [-0.39, 0.29) is 12.6 Å². The summed E-state index contributed by atoms with van der Waals surface area (Å²) < 4.78 is 5.46. The van der Waals surface area contributed by atoms with Crippen LogP contribution < -0.4 is 10.6 Å². The van der Waals surface area contributed by atoms with E-state index in [0.717, 1.165) is 16.0 Å². The topological polar surface area (TPSA) is 67.4 Å². The zero-order valence-electron chi connectivity index (χ0n) is 13.5. The first kappa shape index (κ1) is 16.3. The van der Waals surface area contributed by atoms with Crippen LogP contribution in [0.2, 0.25) is 0 Å². The van der Waals surface area contributed by atoms with Crippen molar-refractivity contribution in [3.8, 4) is 0 Å². The Balaban J connectivity index is 1.84. The minimum Gasteiger partial charge on any atom is -0.457 e. The summed E-state index contributed by atoms with van der Waals surface area (Å²) in [4.78, 5) is 25.4. The van der Waals surface area contributed by atoms with Gasteiger partial charge in [0.25, 0.3) is 0 Å². The largest absolute Gasteiger partial charge is 0.457 e. The fourth-order valence-corrected chi connectivity index (χ4v) is 3.63. The normalized spacial score (nSPS) is 17.2. The molecule has 0 bridgehead atoms. The first-order valence-corrected chi connectivity index (χ1v) is 8.47. The molecule has 1 atom stereocenters. The third kappa shape index (κ3) is 3.33.